The van der Waals surface area contributed by atoms with E-state index in [1.807, 2.05) is 16.7 Å². The zero-order chi connectivity index (χ0) is 9.97. The van der Waals surface area contributed by atoms with Crippen molar-refractivity contribution in [2.75, 3.05) is 24.7 Å². The third-order valence-corrected chi connectivity index (χ3v) is 4.13. The number of carbonyl (C=O) groups excluding carboxylic acids is 1. The molecule has 2 rings (SSSR count). The zero-order valence-electron chi connectivity index (χ0n) is 9.07. The summed E-state index contributed by atoms with van der Waals surface area (Å²) in [5.74, 6) is 2.95. The fraction of sp³-hybridized carbons (Fsp3) is 0.900. The lowest BCUT2D eigenvalue weighted by Gasteiger charge is -2.20. The van der Waals surface area contributed by atoms with Crippen LogP contribution in [0.5, 0.6) is 0 Å². The molecule has 0 radical (unpaired) electrons. The lowest BCUT2D eigenvalue weighted by molar-refractivity contribution is -0.131. The van der Waals surface area contributed by atoms with Gasteiger partial charge in [-0.15, -0.1) is 24.2 Å². The summed E-state index contributed by atoms with van der Waals surface area (Å²) in [6, 6.07) is 0.0932. The molecular formula is C10H19ClN2OS. The molecule has 15 heavy (non-hydrogen) atoms. The van der Waals surface area contributed by atoms with Gasteiger partial charge in [-0.1, -0.05) is 13.3 Å². The maximum Gasteiger partial charge on any atom is 0.240 e. The van der Waals surface area contributed by atoms with Crippen LogP contribution in [0.1, 0.15) is 19.8 Å². The number of hydrogen-bond donors (Lipinski definition) is 1. The Balaban J connectivity index is 0.00000112. The molecule has 2 aliphatic rings. The summed E-state index contributed by atoms with van der Waals surface area (Å²) in [7, 11) is 0. The number of rotatable bonds is 2. The number of thioether (sulfide) groups is 1. The van der Waals surface area contributed by atoms with E-state index >= 15 is 0 Å². The van der Waals surface area contributed by atoms with Crippen molar-refractivity contribution in [1.29, 1.82) is 0 Å². The first kappa shape index (κ1) is 13.1. The van der Waals surface area contributed by atoms with Crippen molar-refractivity contribution in [3.8, 4) is 0 Å². The van der Waals surface area contributed by atoms with Crippen LogP contribution in [0, 0.1) is 5.92 Å². The van der Waals surface area contributed by atoms with E-state index in [1.165, 1.54) is 12.8 Å². The van der Waals surface area contributed by atoms with E-state index in [0.717, 1.165) is 30.6 Å². The van der Waals surface area contributed by atoms with Crippen molar-refractivity contribution in [1.82, 2.24) is 10.2 Å². The van der Waals surface area contributed by atoms with Gasteiger partial charge in [0.05, 0.1) is 6.04 Å². The predicted molar refractivity (Wildman–Crippen MR) is 66.5 cm³/mol. The summed E-state index contributed by atoms with van der Waals surface area (Å²) in [5, 5.41) is 3.24. The van der Waals surface area contributed by atoms with E-state index in [0.29, 0.717) is 5.91 Å². The Bertz CT molecular complexity index is 221. The van der Waals surface area contributed by atoms with Crippen LogP contribution in [0.25, 0.3) is 0 Å². The molecule has 0 aliphatic carbocycles. The van der Waals surface area contributed by atoms with Crippen LogP contribution >= 0.6 is 24.2 Å². The molecule has 2 heterocycles. The lowest BCUT2D eigenvalue weighted by Crippen LogP contribution is -2.43. The minimum atomic E-state index is 0. The normalized spacial score (nSPS) is 30.3. The minimum Gasteiger partial charge on any atom is -0.341 e. The van der Waals surface area contributed by atoms with Crippen LogP contribution in [-0.2, 0) is 4.79 Å². The zero-order valence-corrected chi connectivity index (χ0v) is 10.7. The van der Waals surface area contributed by atoms with E-state index in [2.05, 4.69) is 12.2 Å². The molecule has 2 aliphatic heterocycles. The van der Waals surface area contributed by atoms with Gasteiger partial charge in [-0.3, -0.25) is 10.1 Å². The Labute approximate surface area is 102 Å². The number of likely N-dealkylation sites (tertiary alicyclic amines) is 1. The lowest BCUT2D eigenvalue weighted by atomic mass is 10.1. The van der Waals surface area contributed by atoms with Gasteiger partial charge >= 0.3 is 0 Å². The van der Waals surface area contributed by atoms with E-state index in [1.54, 1.807) is 0 Å². The summed E-state index contributed by atoms with van der Waals surface area (Å²) in [4.78, 5) is 14.0. The third kappa shape index (κ3) is 3.02. The number of nitrogens with zero attached hydrogens (tertiary/aromatic N) is 1. The fourth-order valence-corrected chi connectivity index (χ4v) is 3.07. The predicted octanol–water partition coefficient (Wildman–Crippen LogP) is 1.33. The molecule has 2 atom stereocenters. The first-order valence-electron chi connectivity index (χ1n) is 5.41. The first-order valence-corrected chi connectivity index (χ1v) is 6.56. The molecule has 0 aromatic carbocycles. The molecule has 0 aromatic heterocycles. The Morgan fingerprint density at radius 3 is 2.93 bits per heavy atom. The first-order chi connectivity index (χ1) is 6.81. The van der Waals surface area contributed by atoms with Crippen LogP contribution in [0.3, 0.4) is 0 Å². The quantitative estimate of drug-likeness (QED) is 0.803. The summed E-state index contributed by atoms with van der Waals surface area (Å²) in [6.45, 7) is 4.17. The van der Waals surface area contributed by atoms with Crippen molar-refractivity contribution in [2.45, 2.75) is 25.8 Å². The molecule has 88 valence electrons. The van der Waals surface area contributed by atoms with Crippen molar-refractivity contribution >= 4 is 30.1 Å². The Hall–Kier alpha value is 0.0700. The Kier molecular flexibility index (Phi) is 5.23. The molecule has 0 bridgehead atoms. The molecule has 1 N–H and O–H groups in total. The van der Waals surface area contributed by atoms with Gasteiger partial charge < -0.3 is 4.90 Å². The number of hydrogen-bond acceptors (Lipinski definition) is 3. The van der Waals surface area contributed by atoms with Crippen LogP contribution in [0.2, 0.25) is 0 Å². The maximum atomic E-state index is 12.0. The average Bonchev–Trinajstić information content (AvgIpc) is 2.88. The number of amides is 1. The van der Waals surface area contributed by atoms with Crippen LogP contribution in [0.15, 0.2) is 0 Å². The summed E-state index contributed by atoms with van der Waals surface area (Å²) in [5.41, 5.74) is 0. The van der Waals surface area contributed by atoms with Gasteiger partial charge in [-0.25, -0.2) is 0 Å². The second kappa shape index (κ2) is 5.97. The van der Waals surface area contributed by atoms with Crippen LogP contribution in [-0.4, -0.2) is 41.6 Å². The maximum absolute atomic E-state index is 12.0. The SMILES string of the molecule is CCC1CCN(C(=O)[C@H]2CSCN2)C1.Cl. The largest absolute Gasteiger partial charge is 0.341 e. The van der Waals surface area contributed by atoms with Crippen molar-refractivity contribution < 1.29 is 4.79 Å². The monoisotopic (exact) mass is 250 g/mol. The molecule has 0 saturated carbocycles. The van der Waals surface area contributed by atoms with Gasteiger partial charge in [-0.2, -0.15) is 0 Å². The molecule has 0 aromatic rings. The van der Waals surface area contributed by atoms with E-state index < -0.39 is 0 Å². The van der Waals surface area contributed by atoms with Crippen LogP contribution in [0.4, 0.5) is 0 Å². The van der Waals surface area contributed by atoms with E-state index in [9.17, 15) is 4.79 Å². The van der Waals surface area contributed by atoms with Crippen molar-refractivity contribution in [3.05, 3.63) is 0 Å². The number of halogens is 1. The highest BCUT2D eigenvalue weighted by Gasteiger charge is 2.31. The highest BCUT2D eigenvalue weighted by atomic mass is 35.5. The second-order valence-corrected chi connectivity index (χ2v) is 5.15. The van der Waals surface area contributed by atoms with E-state index in [4.69, 9.17) is 0 Å². The average molecular weight is 251 g/mol. The molecule has 1 amide bonds. The molecule has 2 saturated heterocycles. The summed E-state index contributed by atoms with van der Waals surface area (Å²) in [6.07, 6.45) is 2.40. The molecule has 2 fully saturated rings. The summed E-state index contributed by atoms with van der Waals surface area (Å²) >= 11 is 1.82. The van der Waals surface area contributed by atoms with Crippen molar-refractivity contribution in [3.63, 3.8) is 0 Å². The molecule has 3 nitrogen and oxygen atoms in total. The highest BCUT2D eigenvalue weighted by molar-refractivity contribution is 7.99. The number of carbonyl (C=O) groups is 1. The number of nitrogens with one attached hydrogen (secondary N) is 1. The standard InChI is InChI=1S/C10H18N2OS.ClH/c1-2-8-3-4-12(5-8)10(13)9-6-14-7-11-9;/h8-9,11H,2-7H2,1H3;1H/t8?,9-;/m1./s1. The van der Waals surface area contributed by atoms with Gasteiger partial charge in [0.1, 0.15) is 0 Å². The topological polar surface area (TPSA) is 32.3 Å². The molecule has 5 heteroatoms. The minimum absolute atomic E-state index is 0. The highest BCUT2D eigenvalue weighted by Crippen LogP contribution is 2.21. The Morgan fingerprint density at radius 2 is 2.40 bits per heavy atom. The fourth-order valence-electron chi connectivity index (χ4n) is 2.14. The van der Waals surface area contributed by atoms with Gasteiger partial charge in [0.2, 0.25) is 5.91 Å². The van der Waals surface area contributed by atoms with Gasteiger partial charge in [-0.05, 0) is 12.3 Å². The molecule has 0 spiro atoms. The summed E-state index contributed by atoms with van der Waals surface area (Å²) < 4.78 is 0. The second-order valence-electron chi connectivity index (χ2n) is 4.12. The van der Waals surface area contributed by atoms with Crippen molar-refractivity contribution in [2.24, 2.45) is 5.92 Å². The Morgan fingerprint density at radius 1 is 1.60 bits per heavy atom. The van der Waals surface area contributed by atoms with Gasteiger partial charge in [0.15, 0.2) is 0 Å². The molecule has 1 unspecified atom stereocenters. The third-order valence-electron chi connectivity index (χ3n) is 3.19. The van der Waals surface area contributed by atoms with Crippen LogP contribution < -0.4 is 5.32 Å². The smallest absolute Gasteiger partial charge is 0.240 e. The molecular weight excluding hydrogens is 232 g/mol. The van der Waals surface area contributed by atoms with E-state index in [-0.39, 0.29) is 18.4 Å². The van der Waals surface area contributed by atoms with Gasteiger partial charge in [0.25, 0.3) is 0 Å². The van der Waals surface area contributed by atoms with Gasteiger partial charge in [0, 0.05) is 24.7 Å².